The Morgan fingerprint density at radius 3 is 2.30 bits per heavy atom. The third-order valence-corrected chi connectivity index (χ3v) is 6.38. The topological polar surface area (TPSA) is 9.23 Å². The van der Waals surface area contributed by atoms with Crippen molar-refractivity contribution in [2.75, 3.05) is 6.61 Å². The highest BCUT2D eigenvalue weighted by Gasteiger charge is 2.20. The van der Waals surface area contributed by atoms with E-state index in [4.69, 9.17) is 4.74 Å². The first-order valence-electron chi connectivity index (χ1n) is 11.7. The molecule has 0 N–H and O–H groups in total. The Hall–Kier alpha value is -2.54. The molecule has 1 atom stereocenters. The lowest BCUT2D eigenvalue weighted by Crippen LogP contribution is -2.13. The van der Waals surface area contributed by atoms with E-state index in [2.05, 4.69) is 80.6 Å². The first-order valence-corrected chi connectivity index (χ1v) is 11.7. The largest absolute Gasteiger partial charge is 0.494 e. The third-order valence-electron chi connectivity index (χ3n) is 6.38. The van der Waals surface area contributed by atoms with Gasteiger partial charge in [0.25, 0.3) is 0 Å². The highest BCUT2D eigenvalue weighted by molar-refractivity contribution is 5.66. The number of unbranched alkanes of at least 4 members (excludes halogenated alkanes) is 1. The number of rotatable bonds is 8. The molecule has 0 aromatic heterocycles. The molecule has 0 bridgehead atoms. The van der Waals surface area contributed by atoms with Gasteiger partial charge in [0.15, 0.2) is 0 Å². The number of hydrogen-bond acceptors (Lipinski definition) is 1. The maximum Gasteiger partial charge on any atom is 0.119 e. The zero-order valence-corrected chi connectivity index (χ0v) is 18.5. The predicted octanol–water partition coefficient (Wildman–Crippen LogP) is 7.76. The monoisotopic (exact) mass is 398 g/mol. The summed E-state index contributed by atoms with van der Waals surface area (Å²) in [5.41, 5.74) is 8.60. The second-order valence-corrected chi connectivity index (χ2v) is 8.64. The molecule has 156 valence electrons. The van der Waals surface area contributed by atoms with Crippen molar-refractivity contribution in [2.45, 2.75) is 64.7 Å². The molecule has 0 saturated heterocycles. The van der Waals surface area contributed by atoms with Crippen LogP contribution in [0, 0.1) is 0 Å². The molecule has 30 heavy (non-hydrogen) atoms. The number of hydrogen-bond donors (Lipinski definition) is 0. The van der Waals surface area contributed by atoms with Gasteiger partial charge in [-0.1, -0.05) is 81.3 Å². The lowest BCUT2D eigenvalue weighted by atomic mass is 9.79. The summed E-state index contributed by atoms with van der Waals surface area (Å²) < 4.78 is 5.80. The maximum absolute atomic E-state index is 5.80. The molecule has 4 rings (SSSR count). The summed E-state index contributed by atoms with van der Waals surface area (Å²) in [5, 5.41) is 0. The average molecular weight is 399 g/mol. The van der Waals surface area contributed by atoms with E-state index in [-0.39, 0.29) is 0 Å². The molecule has 0 saturated carbocycles. The van der Waals surface area contributed by atoms with Gasteiger partial charge in [0, 0.05) is 0 Å². The van der Waals surface area contributed by atoms with Crippen molar-refractivity contribution in [3.63, 3.8) is 0 Å². The van der Waals surface area contributed by atoms with Crippen LogP contribution >= 0.6 is 0 Å². The SMILES string of the molecule is CCCCOc1ccc(-c2ccc3c(c2)CCC(c2ccc(CCC)cc2)C3)cc1. The molecule has 1 aliphatic carbocycles. The van der Waals surface area contributed by atoms with Crippen molar-refractivity contribution in [3.8, 4) is 16.9 Å². The molecule has 1 nitrogen and oxygen atoms in total. The minimum Gasteiger partial charge on any atom is -0.494 e. The van der Waals surface area contributed by atoms with E-state index >= 15 is 0 Å². The van der Waals surface area contributed by atoms with Crippen LogP contribution in [0.15, 0.2) is 66.7 Å². The van der Waals surface area contributed by atoms with Gasteiger partial charge in [-0.15, -0.1) is 0 Å². The van der Waals surface area contributed by atoms with E-state index < -0.39 is 0 Å². The van der Waals surface area contributed by atoms with Crippen molar-refractivity contribution >= 4 is 0 Å². The van der Waals surface area contributed by atoms with Crippen LogP contribution in [0.4, 0.5) is 0 Å². The van der Waals surface area contributed by atoms with Gasteiger partial charge < -0.3 is 4.74 Å². The minimum atomic E-state index is 0.651. The maximum atomic E-state index is 5.80. The van der Waals surface area contributed by atoms with E-state index in [0.717, 1.165) is 31.6 Å². The summed E-state index contributed by atoms with van der Waals surface area (Å²) in [6, 6.07) is 25.0. The molecule has 0 heterocycles. The molecule has 0 amide bonds. The summed E-state index contributed by atoms with van der Waals surface area (Å²) in [7, 11) is 0. The summed E-state index contributed by atoms with van der Waals surface area (Å²) in [4.78, 5) is 0. The lowest BCUT2D eigenvalue weighted by molar-refractivity contribution is 0.309. The van der Waals surface area contributed by atoms with Crippen LogP contribution in [0.25, 0.3) is 11.1 Å². The van der Waals surface area contributed by atoms with Crippen LogP contribution in [-0.4, -0.2) is 6.61 Å². The van der Waals surface area contributed by atoms with Gasteiger partial charge in [-0.05, 0) is 83.5 Å². The van der Waals surface area contributed by atoms with Crippen molar-refractivity contribution in [2.24, 2.45) is 0 Å². The first-order chi connectivity index (χ1) is 14.8. The number of ether oxygens (including phenoxy) is 1. The second-order valence-electron chi connectivity index (χ2n) is 8.64. The van der Waals surface area contributed by atoms with E-state index in [1.54, 1.807) is 0 Å². The molecule has 1 heteroatoms. The van der Waals surface area contributed by atoms with Crippen molar-refractivity contribution in [1.82, 2.24) is 0 Å². The molecule has 1 aliphatic rings. The van der Waals surface area contributed by atoms with Crippen LogP contribution in [0.1, 0.15) is 67.7 Å². The van der Waals surface area contributed by atoms with E-state index in [1.165, 1.54) is 59.1 Å². The molecule has 0 aliphatic heterocycles. The number of fused-ring (bicyclic) bond motifs is 1. The zero-order valence-electron chi connectivity index (χ0n) is 18.5. The van der Waals surface area contributed by atoms with Crippen LogP contribution in [0.2, 0.25) is 0 Å². The van der Waals surface area contributed by atoms with Gasteiger partial charge in [0.05, 0.1) is 6.61 Å². The van der Waals surface area contributed by atoms with Crippen LogP contribution < -0.4 is 4.74 Å². The number of benzene rings is 3. The molecular formula is C29H34O. The Kier molecular flexibility index (Phi) is 6.89. The van der Waals surface area contributed by atoms with Crippen molar-refractivity contribution < 1.29 is 4.74 Å². The quantitative estimate of drug-likeness (QED) is 0.352. The van der Waals surface area contributed by atoms with E-state index in [0.29, 0.717) is 5.92 Å². The second kappa shape index (κ2) is 9.98. The Balaban J connectivity index is 1.44. The zero-order chi connectivity index (χ0) is 20.8. The van der Waals surface area contributed by atoms with Crippen molar-refractivity contribution in [1.29, 1.82) is 0 Å². The normalized spacial score (nSPS) is 15.6. The fourth-order valence-corrected chi connectivity index (χ4v) is 4.54. The molecule has 1 unspecified atom stereocenters. The van der Waals surface area contributed by atoms with Gasteiger partial charge in [0.2, 0.25) is 0 Å². The first kappa shape index (κ1) is 20.7. The van der Waals surface area contributed by atoms with Crippen LogP contribution in [-0.2, 0) is 19.3 Å². The fourth-order valence-electron chi connectivity index (χ4n) is 4.54. The molecule has 3 aromatic rings. The third kappa shape index (κ3) is 4.95. The summed E-state index contributed by atoms with van der Waals surface area (Å²) in [5.74, 6) is 1.62. The molecule has 0 spiro atoms. The van der Waals surface area contributed by atoms with Gasteiger partial charge >= 0.3 is 0 Å². The lowest BCUT2D eigenvalue weighted by Gasteiger charge is -2.26. The average Bonchev–Trinajstić information content (AvgIpc) is 2.80. The van der Waals surface area contributed by atoms with E-state index in [9.17, 15) is 0 Å². The van der Waals surface area contributed by atoms with Gasteiger partial charge in [0.1, 0.15) is 5.75 Å². The van der Waals surface area contributed by atoms with Gasteiger partial charge in [-0.3, -0.25) is 0 Å². The Bertz CT molecular complexity index is 937. The highest BCUT2D eigenvalue weighted by atomic mass is 16.5. The predicted molar refractivity (Wildman–Crippen MR) is 127 cm³/mol. The summed E-state index contributed by atoms with van der Waals surface area (Å²) in [6.07, 6.45) is 8.24. The summed E-state index contributed by atoms with van der Waals surface area (Å²) in [6.45, 7) is 5.24. The van der Waals surface area contributed by atoms with Crippen molar-refractivity contribution in [3.05, 3.63) is 89.0 Å². The van der Waals surface area contributed by atoms with E-state index in [1.807, 2.05) is 0 Å². The summed E-state index contributed by atoms with van der Waals surface area (Å²) >= 11 is 0. The Labute approximate surface area is 182 Å². The smallest absolute Gasteiger partial charge is 0.119 e. The highest BCUT2D eigenvalue weighted by Crippen LogP contribution is 2.35. The fraction of sp³-hybridized carbons (Fsp3) is 0.379. The minimum absolute atomic E-state index is 0.651. The number of aryl methyl sites for hydroxylation is 2. The Morgan fingerprint density at radius 2 is 1.57 bits per heavy atom. The standard InChI is InChI=1S/C29H34O/c1-3-5-19-30-29-17-15-24(16-18-29)26-12-14-27-20-25(11-13-28(27)21-26)23-9-7-22(6-4-2)8-10-23/h7-10,12,14-18,21,25H,3-6,11,13,19-20H2,1-2H3. The van der Waals surface area contributed by atoms with Crippen LogP contribution in [0.5, 0.6) is 5.75 Å². The molecular weight excluding hydrogens is 364 g/mol. The Morgan fingerprint density at radius 1 is 0.800 bits per heavy atom. The molecule has 0 radical (unpaired) electrons. The molecule has 3 aromatic carbocycles. The van der Waals surface area contributed by atoms with Crippen LogP contribution in [0.3, 0.4) is 0 Å². The van der Waals surface area contributed by atoms with Gasteiger partial charge in [-0.2, -0.15) is 0 Å². The van der Waals surface area contributed by atoms with Gasteiger partial charge in [-0.25, -0.2) is 0 Å². The molecule has 0 fully saturated rings.